The molecule has 0 radical (unpaired) electrons. The molecule has 0 bridgehead atoms. The van der Waals surface area contributed by atoms with Gasteiger partial charge in [0.2, 0.25) is 11.8 Å². The number of hydrogen-bond acceptors (Lipinski definition) is 3. The van der Waals surface area contributed by atoms with Crippen molar-refractivity contribution in [2.45, 2.75) is 34.6 Å². The van der Waals surface area contributed by atoms with Gasteiger partial charge in [0.05, 0.1) is 10.7 Å². The van der Waals surface area contributed by atoms with Gasteiger partial charge < -0.3 is 15.1 Å². The normalized spacial score (nSPS) is 16.0. The van der Waals surface area contributed by atoms with Gasteiger partial charge in [-0.15, -0.1) is 0 Å². The Morgan fingerprint density at radius 2 is 1.76 bits per heavy atom. The SMILES string of the molecule is CCN1CCN(C(=O)C(C)(C)C(=O)Nc2c(C)cc(C)cc2Cl)CC1. The lowest BCUT2D eigenvalue weighted by atomic mass is 9.89. The van der Waals surface area contributed by atoms with Crippen molar-refractivity contribution in [3.63, 3.8) is 0 Å². The zero-order valence-corrected chi connectivity index (χ0v) is 16.5. The van der Waals surface area contributed by atoms with Gasteiger partial charge in [0.1, 0.15) is 5.41 Å². The van der Waals surface area contributed by atoms with Gasteiger partial charge in [0.25, 0.3) is 0 Å². The predicted molar refractivity (Wildman–Crippen MR) is 102 cm³/mol. The Balaban J connectivity index is 2.11. The first-order valence-corrected chi connectivity index (χ1v) is 9.14. The van der Waals surface area contributed by atoms with Crippen LogP contribution in [0.3, 0.4) is 0 Å². The maximum Gasteiger partial charge on any atom is 0.239 e. The minimum atomic E-state index is -1.14. The van der Waals surface area contributed by atoms with E-state index >= 15 is 0 Å². The average Bonchev–Trinajstić information content (AvgIpc) is 2.57. The van der Waals surface area contributed by atoms with Crippen molar-refractivity contribution < 1.29 is 9.59 Å². The summed E-state index contributed by atoms with van der Waals surface area (Å²) in [5.41, 5.74) is 1.35. The largest absolute Gasteiger partial charge is 0.339 e. The molecule has 1 heterocycles. The third-order valence-corrected chi connectivity index (χ3v) is 5.18. The predicted octanol–water partition coefficient (Wildman–Crippen LogP) is 3.09. The highest BCUT2D eigenvalue weighted by atomic mass is 35.5. The van der Waals surface area contributed by atoms with Gasteiger partial charge in [0.15, 0.2) is 0 Å². The first-order valence-electron chi connectivity index (χ1n) is 8.76. The fourth-order valence-electron chi connectivity index (χ4n) is 3.10. The number of amides is 2. The monoisotopic (exact) mass is 365 g/mol. The molecule has 1 aromatic rings. The molecule has 6 heteroatoms. The summed E-state index contributed by atoms with van der Waals surface area (Å²) in [6.07, 6.45) is 0. The summed E-state index contributed by atoms with van der Waals surface area (Å²) in [5.74, 6) is -0.467. The number of carbonyl (C=O) groups is 2. The van der Waals surface area contributed by atoms with Crippen LogP contribution in [0.15, 0.2) is 12.1 Å². The Morgan fingerprint density at radius 3 is 2.28 bits per heavy atom. The molecule has 0 saturated carbocycles. The van der Waals surface area contributed by atoms with E-state index in [2.05, 4.69) is 17.1 Å². The van der Waals surface area contributed by atoms with Gasteiger partial charge in [-0.1, -0.05) is 24.6 Å². The fraction of sp³-hybridized carbons (Fsp3) is 0.579. The summed E-state index contributed by atoms with van der Waals surface area (Å²) in [5, 5.41) is 3.35. The second-order valence-electron chi connectivity index (χ2n) is 7.24. The lowest BCUT2D eigenvalue weighted by molar-refractivity contribution is -0.147. The van der Waals surface area contributed by atoms with Gasteiger partial charge in [-0.3, -0.25) is 9.59 Å². The molecule has 1 N–H and O–H groups in total. The molecule has 1 saturated heterocycles. The van der Waals surface area contributed by atoms with Crippen molar-refractivity contribution in [2.75, 3.05) is 38.0 Å². The van der Waals surface area contributed by atoms with Crippen LogP contribution in [0.4, 0.5) is 5.69 Å². The van der Waals surface area contributed by atoms with Gasteiger partial charge in [-0.2, -0.15) is 0 Å². The standard InChI is InChI=1S/C19H28ClN3O2/c1-6-22-7-9-23(10-8-22)18(25)19(4,5)17(24)21-16-14(3)11-13(2)12-15(16)20/h11-12H,6-10H2,1-5H3,(H,21,24). The number of aryl methyl sites for hydroxylation is 2. The van der Waals surface area contributed by atoms with Crippen molar-refractivity contribution in [3.8, 4) is 0 Å². The van der Waals surface area contributed by atoms with E-state index in [1.165, 1.54) is 0 Å². The van der Waals surface area contributed by atoms with Gasteiger partial charge in [-0.25, -0.2) is 0 Å². The first kappa shape index (κ1) is 19.7. The summed E-state index contributed by atoms with van der Waals surface area (Å²) in [4.78, 5) is 29.8. The van der Waals surface area contributed by atoms with Gasteiger partial charge >= 0.3 is 0 Å². The quantitative estimate of drug-likeness (QED) is 0.834. The molecule has 0 spiro atoms. The van der Waals surface area contributed by atoms with Crippen LogP contribution in [0.5, 0.6) is 0 Å². The van der Waals surface area contributed by atoms with E-state index in [1.54, 1.807) is 18.7 Å². The van der Waals surface area contributed by atoms with E-state index in [1.807, 2.05) is 26.0 Å². The van der Waals surface area contributed by atoms with E-state index < -0.39 is 5.41 Å². The third kappa shape index (κ3) is 4.33. The number of benzene rings is 1. The highest BCUT2D eigenvalue weighted by molar-refractivity contribution is 6.34. The highest BCUT2D eigenvalue weighted by Gasteiger charge is 2.40. The van der Waals surface area contributed by atoms with Crippen LogP contribution in [-0.2, 0) is 9.59 Å². The van der Waals surface area contributed by atoms with Crippen LogP contribution >= 0.6 is 11.6 Å². The number of halogens is 1. The van der Waals surface area contributed by atoms with E-state index in [0.717, 1.165) is 30.8 Å². The minimum absolute atomic E-state index is 0.137. The number of anilines is 1. The number of carbonyl (C=O) groups excluding carboxylic acids is 2. The lowest BCUT2D eigenvalue weighted by Gasteiger charge is -2.37. The minimum Gasteiger partial charge on any atom is -0.339 e. The number of nitrogens with one attached hydrogen (secondary N) is 1. The summed E-state index contributed by atoms with van der Waals surface area (Å²) in [7, 11) is 0. The van der Waals surface area contributed by atoms with Crippen LogP contribution < -0.4 is 5.32 Å². The summed E-state index contributed by atoms with van der Waals surface area (Å²) in [6.45, 7) is 13.3. The number of nitrogens with zero attached hydrogens (tertiary/aromatic N) is 2. The topological polar surface area (TPSA) is 52.7 Å². The number of hydrogen-bond donors (Lipinski definition) is 1. The number of likely N-dealkylation sites (N-methyl/N-ethyl adjacent to an activating group) is 1. The van der Waals surface area contributed by atoms with Crippen LogP contribution in [0, 0.1) is 19.3 Å². The molecule has 25 heavy (non-hydrogen) atoms. The van der Waals surface area contributed by atoms with Crippen LogP contribution in [0.1, 0.15) is 31.9 Å². The Labute approximate surface area is 155 Å². The maximum absolute atomic E-state index is 12.9. The second kappa shape index (κ2) is 7.75. The number of rotatable bonds is 4. The zero-order valence-electron chi connectivity index (χ0n) is 15.8. The third-order valence-electron chi connectivity index (χ3n) is 4.88. The van der Waals surface area contributed by atoms with Gasteiger partial charge in [-0.05, 0) is 51.4 Å². The van der Waals surface area contributed by atoms with Crippen molar-refractivity contribution in [3.05, 3.63) is 28.3 Å². The van der Waals surface area contributed by atoms with Crippen LogP contribution in [0.25, 0.3) is 0 Å². The van der Waals surface area contributed by atoms with Crippen molar-refractivity contribution in [1.82, 2.24) is 9.80 Å². The molecule has 1 aliphatic heterocycles. The molecule has 2 amide bonds. The Bertz CT molecular complexity index is 642. The van der Waals surface area contributed by atoms with Crippen LogP contribution in [-0.4, -0.2) is 54.3 Å². The molecule has 0 unspecified atom stereocenters. The molecule has 1 aromatic carbocycles. The molecule has 138 valence electrons. The summed E-state index contributed by atoms with van der Waals surface area (Å²) in [6, 6.07) is 3.77. The molecule has 1 aliphatic rings. The van der Waals surface area contributed by atoms with E-state index in [4.69, 9.17) is 11.6 Å². The fourth-order valence-corrected chi connectivity index (χ4v) is 3.47. The van der Waals surface area contributed by atoms with Gasteiger partial charge in [0, 0.05) is 26.2 Å². The van der Waals surface area contributed by atoms with E-state index in [-0.39, 0.29) is 11.8 Å². The molecular formula is C19H28ClN3O2. The summed E-state index contributed by atoms with van der Waals surface area (Å²) < 4.78 is 0. The van der Waals surface area contributed by atoms with E-state index in [9.17, 15) is 9.59 Å². The lowest BCUT2D eigenvalue weighted by Crippen LogP contribution is -2.54. The van der Waals surface area contributed by atoms with Crippen molar-refractivity contribution in [1.29, 1.82) is 0 Å². The Morgan fingerprint density at radius 1 is 1.16 bits per heavy atom. The number of piperazine rings is 1. The molecule has 1 fully saturated rings. The molecule has 0 aliphatic carbocycles. The zero-order chi connectivity index (χ0) is 18.8. The Hall–Kier alpha value is -1.59. The summed E-state index contributed by atoms with van der Waals surface area (Å²) >= 11 is 6.27. The highest BCUT2D eigenvalue weighted by Crippen LogP contribution is 2.30. The molecule has 2 rings (SSSR count). The Kier molecular flexibility index (Phi) is 6.12. The van der Waals surface area contributed by atoms with Crippen LogP contribution in [0.2, 0.25) is 5.02 Å². The molecule has 5 nitrogen and oxygen atoms in total. The van der Waals surface area contributed by atoms with Crippen molar-refractivity contribution in [2.24, 2.45) is 5.41 Å². The molecular weight excluding hydrogens is 338 g/mol. The average molecular weight is 366 g/mol. The molecule has 0 aromatic heterocycles. The smallest absolute Gasteiger partial charge is 0.239 e. The van der Waals surface area contributed by atoms with E-state index in [0.29, 0.717) is 23.8 Å². The molecule has 0 atom stereocenters. The maximum atomic E-state index is 12.9. The second-order valence-corrected chi connectivity index (χ2v) is 7.65. The van der Waals surface area contributed by atoms with Crippen molar-refractivity contribution >= 4 is 29.1 Å². The first-order chi connectivity index (χ1) is 11.7.